The fraction of sp³-hybridized carbons (Fsp3) is 0.412. The fourth-order valence-electron chi connectivity index (χ4n) is 2.18. The molecule has 24 heavy (non-hydrogen) atoms. The van der Waals surface area contributed by atoms with Gasteiger partial charge in [0.25, 0.3) is 5.88 Å². The van der Waals surface area contributed by atoms with Crippen molar-refractivity contribution in [2.45, 2.75) is 26.8 Å². The van der Waals surface area contributed by atoms with E-state index in [0.717, 1.165) is 11.8 Å². The molecule has 0 amide bonds. The summed E-state index contributed by atoms with van der Waals surface area (Å²) in [6.07, 6.45) is 1.07. The standard InChI is InChI=1S/C17H22FN3O3/c1-5-23-14-8-7-12(9-15(14)24-6-2)11(3)20-17-19-10-13(18)16(21-17)22-4/h7-11H,5-6H2,1-4H3,(H,19,20,21). The first-order chi connectivity index (χ1) is 11.6. The van der Waals surface area contributed by atoms with E-state index in [0.29, 0.717) is 24.7 Å². The van der Waals surface area contributed by atoms with E-state index in [9.17, 15) is 4.39 Å². The van der Waals surface area contributed by atoms with Crippen molar-refractivity contribution < 1.29 is 18.6 Å². The first-order valence-corrected chi connectivity index (χ1v) is 7.81. The molecule has 7 heteroatoms. The number of hydrogen-bond donors (Lipinski definition) is 1. The van der Waals surface area contributed by atoms with Gasteiger partial charge < -0.3 is 19.5 Å². The minimum Gasteiger partial charge on any atom is -0.490 e. The van der Waals surface area contributed by atoms with E-state index in [1.54, 1.807) is 0 Å². The first kappa shape index (κ1) is 17.8. The lowest BCUT2D eigenvalue weighted by molar-refractivity contribution is 0.287. The maximum atomic E-state index is 13.4. The Balaban J connectivity index is 2.19. The van der Waals surface area contributed by atoms with Gasteiger partial charge >= 0.3 is 0 Å². The Bertz CT molecular complexity index is 682. The molecule has 0 bridgehead atoms. The summed E-state index contributed by atoms with van der Waals surface area (Å²) in [5.41, 5.74) is 0.966. The van der Waals surface area contributed by atoms with Crippen molar-refractivity contribution in [1.82, 2.24) is 9.97 Å². The molecule has 1 N–H and O–H groups in total. The van der Waals surface area contributed by atoms with Gasteiger partial charge in [0.05, 0.1) is 32.6 Å². The minimum absolute atomic E-state index is 0.0959. The third-order valence-electron chi connectivity index (χ3n) is 3.32. The number of halogens is 1. The lowest BCUT2D eigenvalue weighted by Gasteiger charge is -2.17. The first-order valence-electron chi connectivity index (χ1n) is 7.81. The Hall–Kier alpha value is -2.57. The van der Waals surface area contributed by atoms with Gasteiger partial charge in [-0.05, 0) is 38.5 Å². The van der Waals surface area contributed by atoms with Gasteiger partial charge in [-0.25, -0.2) is 4.98 Å². The molecule has 0 fully saturated rings. The van der Waals surface area contributed by atoms with Gasteiger partial charge in [-0.2, -0.15) is 9.37 Å². The minimum atomic E-state index is -0.601. The van der Waals surface area contributed by atoms with Crippen LogP contribution in [0.5, 0.6) is 17.4 Å². The van der Waals surface area contributed by atoms with Crippen molar-refractivity contribution in [1.29, 1.82) is 0 Å². The van der Waals surface area contributed by atoms with E-state index < -0.39 is 5.82 Å². The van der Waals surface area contributed by atoms with E-state index in [2.05, 4.69) is 15.3 Å². The zero-order valence-corrected chi connectivity index (χ0v) is 14.3. The highest BCUT2D eigenvalue weighted by Crippen LogP contribution is 2.31. The summed E-state index contributed by atoms with van der Waals surface area (Å²) in [5, 5.41) is 3.12. The monoisotopic (exact) mass is 335 g/mol. The second kappa shape index (κ2) is 8.33. The number of rotatable bonds is 8. The Morgan fingerprint density at radius 1 is 1.17 bits per heavy atom. The molecule has 1 heterocycles. The van der Waals surface area contributed by atoms with Crippen molar-refractivity contribution in [3.63, 3.8) is 0 Å². The van der Waals surface area contributed by atoms with E-state index in [1.165, 1.54) is 7.11 Å². The van der Waals surface area contributed by atoms with E-state index in [4.69, 9.17) is 14.2 Å². The summed E-state index contributed by atoms with van der Waals surface area (Å²) in [4.78, 5) is 7.91. The zero-order valence-electron chi connectivity index (χ0n) is 14.3. The number of anilines is 1. The number of nitrogens with one attached hydrogen (secondary N) is 1. The number of aromatic nitrogens is 2. The van der Waals surface area contributed by atoms with Crippen LogP contribution in [-0.2, 0) is 0 Å². The predicted molar refractivity (Wildman–Crippen MR) is 89.4 cm³/mol. The van der Waals surface area contributed by atoms with Crippen LogP contribution in [0.4, 0.5) is 10.3 Å². The summed E-state index contributed by atoms with van der Waals surface area (Å²) in [5.74, 6) is 0.975. The SMILES string of the molecule is CCOc1ccc(C(C)Nc2ncc(F)c(OC)n2)cc1OCC. The molecule has 0 saturated carbocycles. The highest BCUT2D eigenvalue weighted by Gasteiger charge is 2.13. The van der Waals surface area contributed by atoms with Crippen LogP contribution < -0.4 is 19.5 Å². The number of methoxy groups -OCH3 is 1. The van der Waals surface area contributed by atoms with Gasteiger partial charge in [-0.1, -0.05) is 6.07 Å². The summed E-state index contributed by atoms with van der Waals surface area (Å²) < 4.78 is 29.4. The van der Waals surface area contributed by atoms with Crippen molar-refractivity contribution in [3.8, 4) is 17.4 Å². The van der Waals surface area contributed by atoms with Crippen LogP contribution in [0.15, 0.2) is 24.4 Å². The van der Waals surface area contributed by atoms with Gasteiger partial charge in [0.1, 0.15) is 0 Å². The number of nitrogens with zero attached hydrogens (tertiary/aromatic N) is 2. The van der Waals surface area contributed by atoms with Crippen LogP contribution in [0.25, 0.3) is 0 Å². The van der Waals surface area contributed by atoms with Crippen LogP contribution in [0.1, 0.15) is 32.4 Å². The number of benzene rings is 1. The Morgan fingerprint density at radius 2 is 1.88 bits per heavy atom. The van der Waals surface area contributed by atoms with Crippen molar-refractivity contribution in [2.75, 3.05) is 25.6 Å². The Labute approximate surface area is 141 Å². The highest BCUT2D eigenvalue weighted by atomic mass is 19.1. The summed E-state index contributed by atoms with van der Waals surface area (Å²) in [6.45, 7) is 6.90. The van der Waals surface area contributed by atoms with Crippen molar-refractivity contribution >= 4 is 5.95 Å². The van der Waals surface area contributed by atoms with E-state index in [1.807, 2.05) is 39.0 Å². The molecule has 1 aromatic heterocycles. The molecule has 2 aromatic rings. The summed E-state index contributed by atoms with van der Waals surface area (Å²) in [6, 6.07) is 5.60. The lowest BCUT2D eigenvalue weighted by atomic mass is 10.1. The van der Waals surface area contributed by atoms with Gasteiger partial charge in [0.2, 0.25) is 11.8 Å². The third kappa shape index (κ3) is 4.24. The second-order valence-corrected chi connectivity index (χ2v) is 4.99. The zero-order chi connectivity index (χ0) is 17.5. The molecule has 1 aromatic carbocycles. The maximum Gasteiger partial charge on any atom is 0.255 e. The molecule has 130 valence electrons. The molecular formula is C17H22FN3O3. The van der Waals surface area contributed by atoms with Crippen LogP contribution in [0.3, 0.4) is 0 Å². The summed E-state index contributed by atoms with van der Waals surface area (Å²) in [7, 11) is 1.36. The second-order valence-electron chi connectivity index (χ2n) is 4.99. The molecule has 0 aliphatic carbocycles. The molecule has 1 unspecified atom stereocenters. The highest BCUT2D eigenvalue weighted by molar-refractivity contribution is 5.45. The molecule has 0 radical (unpaired) electrons. The number of hydrogen-bond acceptors (Lipinski definition) is 6. The number of ether oxygens (including phenoxy) is 3. The van der Waals surface area contributed by atoms with E-state index in [-0.39, 0.29) is 17.9 Å². The van der Waals surface area contributed by atoms with Crippen LogP contribution in [-0.4, -0.2) is 30.3 Å². The smallest absolute Gasteiger partial charge is 0.255 e. The fourth-order valence-corrected chi connectivity index (χ4v) is 2.18. The van der Waals surface area contributed by atoms with Gasteiger partial charge in [-0.3, -0.25) is 0 Å². The molecular weight excluding hydrogens is 313 g/mol. The molecule has 0 aliphatic heterocycles. The van der Waals surface area contributed by atoms with Crippen LogP contribution >= 0.6 is 0 Å². The molecule has 6 nitrogen and oxygen atoms in total. The molecule has 1 atom stereocenters. The van der Waals surface area contributed by atoms with Gasteiger partial charge in [0.15, 0.2) is 11.5 Å². The van der Waals surface area contributed by atoms with Crippen molar-refractivity contribution in [2.24, 2.45) is 0 Å². The van der Waals surface area contributed by atoms with E-state index >= 15 is 0 Å². The largest absolute Gasteiger partial charge is 0.490 e. The average molecular weight is 335 g/mol. The molecule has 0 spiro atoms. The molecule has 0 saturated heterocycles. The van der Waals surface area contributed by atoms with Crippen LogP contribution in [0.2, 0.25) is 0 Å². The topological polar surface area (TPSA) is 65.5 Å². The van der Waals surface area contributed by atoms with Crippen molar-refractivity contribution in [3.05, 3.63) is 35.8 Å². The van der Waals surface area contributed by atoms with Gasteiger partial charge in [0, 0.05) is 0 Å². The predicted octanol–water partition coefficient (Wildman–Crippen LogP) is 3.59. The molecule has 0 aliphatic rings. The third-order valence-corrected chi connectivity index (χ3v) is 3.32. The maximum absolute atomic E-state index is 13.4. The van der Waals surface area contributed by atoms with Crippen LogP contribution in [0, 0.1) is 5.82 Å². The normalized spacial score (nSPS) is 11.7. The quantitative estimate of drug-likeness (QED) is 0.795. The Morgan fingerprint density at radius 3 is 2.54 bits per heavy atom. The molecule has 2 rings (SSSR count). The summed E-state index contributed by atoms with van der Waals surface area (Å²) >= 11 is 0. The lowest BCUT2D eigenvalue weighted by Crippen LogP contribution is -2.11. The average Bonchev–Trinajstić information content (AvgIpc) is 2.58. The van der Waals surface area contributed by atoms with Gasteiger partial charge in [-0.15, -0.1) is 0 Å². The Kier molecular flexibility index (Phi) is 6.17.